The fourth-order valence-corrected chi connectivity index (χ4v) is 4.36. The van der Waals surface area contributed by atoms with Crippen molar-refractivity contribution in [2.24, 2.45) is 5.92 Å². The van der Waals surface area contributed by atoms with Crippen LogP contribution in [0.15, 0.2) is 40.0 Å². The number of urea groups is 1. The number of amides is 2. The van der Waals surface area contributed by atoms with Crippen LogP contribution >= 0.6 is 15.9 Å². The maximum atomic E-state index is 12.9. The van der Waals surface area contributed by atoms with Gasteiger partial charge in [0.1, 0.15) is 0 Å². The molecule has 8 nitrogen and oxygen atoms in total. The summed E-state index contributed by atoms with van der Waals surface area (Å²) in [5.41, 5.74) is 1.71. The monoisotopic (exact) mass is 493 g/mol. The molecule has 1 atom stereocenters. The second kappa shape index (κ2) is 10.8. The summed E-state index contributed by atoms with van der Waals surface area (Å²) in [6.45, 7) is 5.91. The molecule has 1 aromatic carbocycles. The first-order valence-corrected chi connectivity index (χ1v) is 11.3. The summed E-state index contributed by atoms with van der Waals surface area (Å²) < 4.78 is 11.3. The predicted octanol–water partition coefficient (Wildman–Crippen LogP) is 2.90. The Morgan fingerprint density at radius 3 is 2.52 bits per heavy atom. The summed E-state index contributed by atoms with van der Waals surface area (Å²) in [6, 6.07) is 6.50. The molecule has 3 rings (SSSR count). The van der Waals surface area contributed by atoms with Gasteiger partial charge in [0, 0.05) is 16.7 Å². The molecule has 1 fully saturated rings. The molecule has 9 heteroatoms. The van der Waals surface area contributed by atoms with E-state index >= 15 is 0 Å². The fourth-order valence-electron chi connectivity index (χ4n) is 3.94. The third kappa shape index (κ3) is 5.86. The Morgan fingerprint density at radius 1 is 1.16 bits per heavy atom. The average molecular weight is 494 g/mol. The van der Waals surface area contributed by atoms with Crippen LogP contribution in [0.3, 0.4) is 0 Å². The van der Waals surface area contributed by atoms with Crippen molar-refractivity contribution in [3.63, 3.8) is 0 Å². The molecule has 1 saturated heterocycles. The van der Waals surface area contributed by atoms with Crippen molar-refractivity contribution < 1.29 is 23.9 Å². The number of likely N-dealkylation sites (tertiary alicyclic amines) is 1. The molecular weight excluding hydrogens is 466 g/mol. The van der Waals surface area contributed by atoms with Gasteiger partial charge in [0.25, 0.3) is 0 Å². The van der Waals surface area contributed by atoms with Gasteiger partial charge in [0.05, 0.1) is 30.7 Å². The number of hydrogen-bond donors (Lipinski definition) is 2. The summed E-state index contributed by atoms with van der Waals surface area (Å²) in [5.74, 6) is -0.721. The van der Waals surface area contributed by atoms with Crippen LogP contribution in [-0.2, 0) is 19.1 Å². The summed E-state index contributed by atoms with van der Waals surface area (Å²) in [7, 11) is 0. The Morgan fingerprint density at radius 2 is 1.87 bits per heavy atom. The van der Waals surface area contributed by atoms with Crippen molar-refractivity contribution in [3.05, 3.63) is 45.6 Å². The lowest BCUT2D eigenvalue weighted by molar-refractivity contribution is -0.149. The van der Waals surface area contributed by atoms with Gasteiger partial charge in [-0.3, -0.25) is 9.69 Å². The van der Waals surface area contributed by atoms with Gasteiger partial charge < -0.3 is 20.1 Å². The van der Waals surface area contributed by atoms with E-state index < -0.39 is 12.0 Å². The SMILES string of the molecule is CCOC(=O)C1=C(CN2CCC(C(=O)OCC)CC2)NC(=O)N[C@H]1c1cccc(Br)c1. The van der Waals surface area contributed by atoms with E-state index in [-0.39, 0.29) is 24.5 Å². The van der Waals surface area contributed by atoms with Crippen molar-refractivity contribution in [1.82, 2.24) is 15.5 Å². The zero-order chi connectivity index (χ0) is 22.4. The van der Waals surface area contributed by atoms with Gasteiger partial charge in [0.15, 0.2) is 0 Å². The number of hydrogen-bond acceptors (Lipinski definition) is 6. The standard InChI is InChI=1S/C22H28BrN3O5/c1-3-30-20(27)14-8-10-26(11-9-14)13-17-18(21(28)31-4-2)19(25-22(29)24-17)15-6-5-7-16(23)12-15/h5-7,12,14,19H,3-4,8-11,13H2,1-2H3,(H2,24,25,29)/t19-/m0/s1. The second-order valence-electron chi connectivity index (χ2n) is 7.50. The number of nitrogens with zero attached hydrogens (tertiary/aromatic N) is 1. The maximum absolute atomic E-state index is 12.9. The predicted molar refractivity (Wildman–Crippen MR) is 118 cm³/mol. The molecule has 31 heavy (non-hydrogen) atoms. The lowest BCUT2D eigenvalue weighted by atomic mass is 9.93. The zero-order valence-corrected chi connectivity index (χ0v) is 19.4. The fraction of sp³-hybridized carbons (Fsp3) is 0.500. The minimum Gasteiger partial charge on any atom is -0.466 e. The molecule has 2 N–H and O–H groups in total. The highest BCUT2D eigenvalue weighted by Gasteiger charge is 2.35. The minimum atomic E-state index is -0.614. The number of carbonyl (C=O) groups excluding carboxylic acids is 3. The van der Waals surface area contributed by atoms with E-state index in [0.717, 1.165) is 10.0 Å². The zero-order valence-electron chi connectivity index (χ0n) is 17.8. The van der Waals surface area contributed by atoms with Crippen molar-refractivity contribution in [2.45, 2.75) is 32.7 Å². The summed E-state index contributed by atoms with van der Waals surface area (Å²) >= 11 is 3.45. The number of nitrogens with one attached hydrogen (secondary N) is 2. The van der Waals surface area contributed by atoms with Crippen LogP contribution < -0.4 is 10.6 Å². The normalized spacial score (nSPS) is 20.1. The topological polar surface area (TPSA) is 97.0 Å². The van der Waals surface area contributed by atoms with E-state index in [9.17, 15) is 14.4 Å². The van der Waals surface area contributed by atoms with E-state index in [1.165, 1.54) is 0 Å². The molecule has 0 radical (unpaired) electrons. The molecule has 1 aromatic rings. The average Bonchev–Trinajstić information content (AvgIpc) is 2.74. The molecule has 168 valence electrons. The van der Waals surface area contributed by atoms with Crippen LogP contribution in [0.25, 0.3) is 0 Å². The summed E-state index contributed by atoms with van der Waals surface area (Å²) in [5, 5.41) is 5.65. The van der Waals surface area contributed by atoms with Gasteiger partial charge in [-0.1, -0.05) is 28.1 Å². The third-order valence-electron chi connectivity index (χ3n) is 5.42. The molecule has 0 unspecified atom stereocenters. The molecule has 2 heterocycles. The molecule has 0 saturated carbocycles. The van der Waals surface area contributed by atoms with Crippen LogP contribution in [-0.4, -0.2) is 55.7 Å². The molecule has 0 bridgehead atoms. The van der Waals surface area contributed by atoms with Crippen molar-refractivity contribution in [2.75, 3.05) is 32.8 Å². The first-order chi connectivity index (χ1) is 14.9. The summed E-state index contributed by atoms with van der Waals surface area (Å²) in [6.07, 6.45) is 1.37. The lowest BCUT2D eigenvalue weighted by Gasteiger charge is -2.35. The molecular formula is C22H28BrN3O5. The van der Waals surface area contributed by atoms with Crippen molar-refractivity contribution in [3.8, 4) is 0 Å². The van der Waals surface area contributed by atoms with Gasteiger partial charge in [-0.2, -0.15) is 0 Å². The van der Waals surface area contributed by atoms with Gasteiger partial charge in [-0.05, 0) is 57.5 Å². The van der Waals surface area contributed by atoms with Crippen LogP contribution in [0.1, 0.15) is 38.3 Å². The molecule has 2 amide bonds. The highest BCUT2D eigenvalue weighted by molar-refractivity contribution is 9.10. The first-order valence-electron chi connectivity index (χ1n) is 10.5. The van der Waals surface area contributed by atoms with Gasteiger partial charge in [-0.25, -0.2) is 9.59 Å². The number of piperidine rings is 1. The Hall–Kier alpha value is -2.39. The minimum absolute atomic E-state index is 0.105. The van der Waals surface area contributed by atoms with E-state index in [1.807, 2.05) is 24.3 Å². The number of halogens is 1. The highest BCUT2D eigenvalue weighted by atomic mass is 79.9. The van der Waals surface area contributed by atoms with Crippen LogP contribution in [0, 0.1) is 5.92 Å². The molecule has 0 aromatic heterocycles. The summed E-state index contributed by atoms with van der Waals surface area (Å²) in [4.78, 5) is 39.4. The molecule has 2 aliphatic heterocycles. The van der Waals surface area contributed by atoms with E-state index in [2.05, 4.69) is 31.5 Å². The van der Waals surface area contributed by atoms with Gasteiger partial charge >= 0.3 is 18.0 Å². The van der Waals surface area contributed by atoms with Crippen molar-refractivity contribution >= 4 is 33.9 Å². The molecule has 0 spiro atoms. The second-order valence-corrected chi connectivity index (χ2v) is 8.42. The quantitative estimate of drug-likeness (QED) is 0.566. The Bertz CT molecular complexity index is 864. The van der Waals surface area contributed by atoms with Crippen LogP contribution in [0.4, 0.5) is 4.79 Å². The number of carbonyl (C=O) groups is 3. The highest BCUT2D eigenvalue weighted by Crippen LogP contribution is 2.30. The number of esters is 2. The van der Waals surface area contributed by atoms with Gasteiger partial charge in [-0.15, -0.1) is 0 Å². The number of benzene rings is 1. The van der Waals surface area contributed by atoms with E-state index in [0.29, 0.717) is 50.4 Å². The largest absolute Gasteiger partial charge is 0.466 e. The number of rotatable bonds is 7. The van der Waals surface area contributed by atoms with Crippen molar-refractivity contribution in [1.29, 1.82) is 0 Å². The maximum Gasteiger partial charge on any atom is 0.338 e. The Kier molecular flexibility index (Phi) is 8.09. The Balaban J connectivity index is 1.83. The third-order valence-corrected chi connectivity index (χ3v) is 5.91. The molecule has 0 aliphatic carbocycles. The number of ether oxygens (including phenoxy) is 2. The van der Waals surface area contributed by atoms with Crippen LogP contribution in [0.2, 0.25) is 0 Å². The Labute approximate surface area is 190 Å². The smallest absolute Gasteiger partial charge is 0.338 e. The lowest BCUT2D eigenvalue weighted by Crippen LogP contribution is -2.49. The van der Waals surface area contributed by atoms with E-state index in [1.54, 1.807) is 13.8 Å². The van der Waals surface area contributed by atoms with Crippen LogP contribution in [0.5, 0.6) is 0 Å². The molecule has 2 aliphatic rings. The van der Waals surface area contributed by atoms with E-state index in [4.69, 9.17) is 9.47 Å². The first kappa shape index (κ1) is 23.3. The van der Waals surface area contributed by atoms with Gasteiger partial charge in [0.2, 0.25) is 0 Å².